The molecular formula is C12H15BrN4S. The molecule has 0 unspecified atom stereocenters. The van der Waals surface area contributed by atoms with Gasteiger partial charge in [-0.25, -0.2) is 9.67 Å². The van der Waals surface area contributed by atoms with Crippen LogP contribution in [0.15, 0.2) is 33.9 Å². The highest BCUT2D eigenvalue weighted by Gasteiger charge is 2.06. The molecule has 2 N–H and O–H groups in total. The zero-order chi connectivity index (χ0) is 13.0. The number of aryl methyl sites for hydroxylation is 1. The Hall–Kier alpha value is -1.01. The third kappa shape index (κ3) is 3.26. The van der Waals surface area contributed by atoms with Crippen molar-refractivity contribution < 1.29 is 0 Å². The van der Waals surface area contributed by atoms with E-state index in [4.69, 9.17) is 5.73 Å². The van der Waals surface area contributed by atoms with E-state index in [0.29, 0.717) is 0 Å². The molecule has 2 rings (SSSR count). The number of rotatable bonds is 5. The fourth-order valence-corrected chi connectivity index (χ4v) is 3.18. The quantitative estimate of drug-likeness (QED) is 0.676. The minimum absolute atomic E-state index is 0.764. The molecule has 0 aliphatic rings. The number of benzene rings is 1. The van der Waals surface area contributed by atoms with Crippen LogP contribution in [0.3, 0.4) is 0 Å². The molecule has 0 radical (unpaired) electrons. The molecule has 1 aromatic carbocycles. The summed E-state index contributed by atoms with van der Waals surface area (Å²) in [5, 5.41) is 4.22. The number of hydrogen-bond donors (Lipinski definition) is 1. The van der Waals surface area contributed by atoms with Gasteiger partial charge in [0.15, 0.2) is 0 Å². The van der Waals surface area contributed by atoms with E-state index in [-0.39, 0.29) is 0 Å². The fourth-order valence-electron chi connectivity index (χ4n) is 1.57. The van der Waals surface area contributed by atoms with E-state index in [0.717, 1.165) is 39.6 Å². The Kier molecular flexibility index (Phi) is 4.66. The van der Waals surface area contributed by atoms with Gasteiger partial charge in [-0.1, -0.05) is 6.92 Å². The number of anilines is 1. The van der Waals surface area contributed by atoms with Crippen LogP contribution < -0.4 is 5.73 Å². The van der Waals surface area contributed by atoms with Gasteiger partial charge in [0, 0.05) is 21.6 Å². The summed E-state index contributed by atoms with van der Waals surface area (Å²) in [5.74, 6) is 1.81. The molecule has 0 saturated heterocycles. The van der Waals surface area contributed by atoms with Crippen molar-refractivity contribution in [2.75, 3.05) is 5.73 Å². The summed E-state index contributed by atoms with van der Waals surface area (Å²) < 4.78 is 2.98. The van der Waals surface area contributed by atoms with Crippen molar-refractivity contribution in [3.05, 3.63) is 34.8 Å². The number of thioether (sulfide) groups is 1. The van der Waals surface area contributed by atoms with Gasteiger partial charge in [0.1, 0.15) is 12.2 Å². The van der Waals surface area contributed by atoms with E-state index in [1.54, 1.807) is 18.1 Å². The Morgan fingerprint density at radius 1 is 1.44 bits per heavy atom. The molecule has 6 heteroatoms. The first-order chi connectivity index (χ1) is 8.70. The highest BCUT2D eigenvalue weighted by atomic mass is 79.9. The predicted octanol–water partition coefficient (Wildman–Crippen LogP) is 3.33. The number of nitrogen functional groups attached to an aromatic ring is 1. The Morgan fingerprint density at radius 3 is 3.00 bits per heavy atom. The molecule has 96 valence electrons. The van der Waals surface area contributed by atoms with E-state index in [9.17, 15) is 0 Å². The number of aromatic nitrogens is 3. The van der Waals surface area contributed by atoms with Gasteiger partial charge in [-0.2, -0.15) is 5.10 Å². The molecule has 0 aliphatic heterocycles. The maximum absolute atomic E-state index is 5.72. The van der Waals surface area contributed by atoms with Gasteiger partial charge < -0.3 is 5.73 Å². The van der Waals surface area contributed by atoms with E-state index < -0.39 is 0 Å². The lowest BCUT2D eigenvalue weighted by Crippen LogP contribution is -2.04. The summed E-state index contributed by atoms with van der Waals surface area (Å²) in [7, 11) is 0. The van der Waals surface area contributed by atoms with Crippen molar-refractivity contribution in [1.82, 2.24) is 14.8 Å². The summed E-state index contributed by atoms with van der Waals surface area (Å²) in [5.41, 5.74) is 6.48. The SMILES string of the molecule is CCCn1ncnc1CSc1ccc(N)cc1Br. The van der Waals surface area contributed by atoms with E-state index in [2.05, 4.69) is 32.9 Å². The van der Waals surface area contributed by atoms with Crippen LogP contribution in [-0.4, -0.2) is 14.8 Å². The minimum Gasteiger partial charge on any atom is -0.399 e. The molecule has 2 aromatic rings. The average molecular weight is 327 g/mol. The highest BCUT2D eigenvalue weighted by Crippen LogP contribution is 2.31. The fraction of sp³-hybridized carbons (Fsp3) is 0.333. The van der Waals surface area contributed by atoms with Crippen molar-refractivity contribution in [2.45, 2.75) is 30.5 Å². The Bertz CT molecular complexity index is 527. The largest absolute Gasteiger partial charge is 0.399 e. The van der Waals surface area contributed by atoms with Gasteiger partial charge in [-0.05, 0) is 40.5 Å². The number of nitrogens with two attached hydrogens (primary N) is 1. The third-order valence-electron chi connectivity index (χ3n) is 2.44. The zero-order valence-electron chi connectivity index (χ0n) is 10.1. The molecular weight excluding hydrogens is 312 g/mol. The van der Waals surface area contributed by atoms with Gasteiger partial charge in [-0.15, -0.1) is 11.8 Å². The lowest BCUT2D eigenvalue weighted by atomic mass is 10.3. The Morgan fingerprint density at radius 2 is 2.28 bits per heavy atom. The third-order valence-corrected chi connectivity index (χ3v) is 4.43. The Labute approximate surface area is 119 Å². The molecule has 1 heterocycles. The van der Waals surface area contributed by atoms with E-state index in [1.165, 1.54) is 0 Å². The summed E-state index contributed by atoms with van der Waals surface area (Å²) in [4.78, 5) is 5.45. The molecule has 1 aromatic heterocycles. The summed E-state index contributed by atoms with van der Waals surface area (Å²) in [6.07, 6.45) is 2.68. The Balaban J connectivity index is 2.04. The van der Waals surface area contributed by atoms with Crippen molar-refractivity contribution in [3.8, 4) is 0 Å². The van der Waals surface area contributed by atoms with Crippen molar-refractivity contribution in [1.29, 1.82) is 0 Å². The van der Waals surface area contributed by atoms with Crippen LogP contribution in [0.5, 0.6) is 0 Å². The molecule has 0 atom stereocenters. The number of nitrogens with zero attached hydrogens (tertiary/aromatic N) is 3. The predicted molar refractivity (Wildman–Crippen MR) is 78.4 cm³/mol. The molecule has 0 spiro atoms. The zero-order valence-corrected chi connectivity index (χ0v) is 12.5. The normalized spacial score (nSPS) is 10.8. The van der Waals surface area contributed by atoms with Crippen LogP contribution in [0.4, 0.5) is 5.69 Å². The van der Waals surface area contributed by atoms with Crippen molar-refractivity contribution >= 4 is 33.4 Å². The topological polar surface area (TPSA) is 56.7 Å². The van der Waals surface area contributed by atoms with Gasteiger partial charge >= 0.3 is 0 Å². The van der Waals surface area contributed by atoms with Crippen molar-refractivity contribution in [3.63, 3.8) is 0 Å². The second-order valence-corrected chi connectivity index (χ2v) is 5.75. The van der Waals surface area contributed by atoms with Gasteiger partial charge in [-0.3, -0.25) is 0 Å². The second-order valence-electron chi connectivity index (χ2n) is 3.88. The average Bonchev–Trinajstić information content (AvgIpc) is 2.76. The first-order valence-electron chi connectivity index (χ1n) is 5.75. The maximum atomic E-state index is 5.72. The van der Waals surface area contributed by atoms with Crippen molar-refractivity contribution in [2.24, 2.45) is 0 Å². The standard InChI is InChI=1S/C12H15BrN4S/c1-2-5-17-12(15-8-16-17)7-18-11-4-3-9(14)6-10(11)13/h3-4,6,8H,2,5,7,14H2,1H3. The number of halogens is 1. The van der Waals surface area contributed by atoms with Gasteiger partial charge in [0.25, 0.3) is 0 Å². The first kappa shape index (κ1) is 13.4. The van der Waals surface area contributed by atoms with Crippen LogP contribution in [0.25, 0.3) is 0 Å². The van der Waals surface area contributed by atoms with Crippen LogP contribution in [0.2, 0.25) is 0 Å². The van der Waals surface area contributed by atoms with Gasteiger partial charge in [0.05, 0.1) is 5.75 Å². The minimum atomic E-state index is 0.764. The van der Waals surface area contributed by atoms with E-state index in [1.807, 2.05) is 22.9 Å². The lowest BCUT2D eigenvalue weighted by molar-refractivity contribution is 0.581. The smallest absolute Gasteiger partial charge is 0.138 e. The summed E-state index contributed by atoms with van der Waals surface area (Å²) >= 11 is 5.24. The molecule has 0 amide bonds. The van der Waals surface area contributed by atoms with E-state index >= 15 is 0 Å². The molecule has 0 aliphatic carbocycles. The first-order valence-corrected chi connectivity index (χ1v) is 7.53. The number of hydrogen-bond acceptors (Lipinski definition) is 4. The maximum Gasteiger partial charge on any atom is 0.138 e. The highest BCUT2D eigenvalue weighted by molar-refractivity contribution is 9.10. The summed E-state index contributed by atoms with van der Waals surface area (Å²) in [6, 6.07) is 5.84. The van der Waals surface area contributed by atoms with Crippen LogP contribution >= 0.6 is 27.7 Å². The van der Waals surface area contributed by atoms with Crippen LogP contribution in [-0.2, 0) is 12.3 Å². The molecule has 18 heavy (non-hydrogen) atoms. The second kappa shape index (κ2) is 6.24. The molecule has 4 nitrogen and oxygen atoms in total. The molecule has 0 fully saturated rings. The monoisotopic (exact) mass is 326 g/mol. The summed E-state index contributed by atoms with van der Waals surface area (Å²) in [6.45, 7) is 3.05. The molecule has 0 saturated carbocycles. The van der Waals surface area contributed by atoms with Gasteiger partial charge in [0.2, 0.25) is 0 Å². The lowest BCUT2D eigenvalue weighted by Gasteiger charge is -2.06. The van der Waals surface area contributed by atoms with Crippen LogP contribution in [0.1, 0.15) is 19.2 Å². The molecule has 0 bridgehead atoms. The van der Waals surface area contributed by atoms with Crippen LogP contribution in [0, 0.1) is 0 Å².